The maximum absolute atomic E-state index is 10.9. The molecule has 0 saturated heterocycles. The maximum Gasteiger partial charge on any atom is 0.320 e. The van der Waals surface area contributed by atoms with Crippen LogP contribution in [0.15, 0.2) is 24.3 Å². The molecule has 3 N–H and O–H groups in total. The van der Waals surface area contributed by atoms with E-state index in [-0.39, 0.29) is 6.04 Å². The van der Waals surface area contributed by atoms with E-state index in [9.17, 15) is 4.79 Å². The standard InChI is InChI=1S/C15H24N2O2/c1-10(2)11-5-7-12(8-6-11)14(17(3)4)9-13(16)15(18)19/h5-8,10,13-14H,9,16H2,1-4H3,(H,18,19). The Bertz CT molecular complexity index is 413. The molecule has 0 aliphatic rings. The molecule has 0 spiro atoms. The number of hydrogen-bond donors (Lipinski definition) is 2. The molecule has 0 radical (unpaired) electrons. The molecule has 0 fully saturated rings. The van der Waals surface area contributed by atoms with Crippen LogP contribution in [-0.2, 0) is 4.79 Å². The zero-order chi connectivity index (χ0) is 14.6. The van der Waals surface area contributed by atoms with E-state index in [1.807, 2.05) is 19.0 Å². The zero-order valence-electron chi connectivity index (χ0n) is 12.1. The van der Waals surface area contributed by atoms with Gasteiger partial charge in [-0.3, -0.25) is 4.79 Å². The number of aliphatic carboxylic acids is 1. The van der Waals surface area contributed by atoms with Gasteiger partial charge in [-0.2, -0.15) is 0 Å². The molecule has 2 atom stereocenters. The van der Waals surface area contributed by atoms with Crippen molar-refractivity contribution in [3.8, 4) is 0 Å². The fraction of sp³-hybridized carbons (Fsp3) is 0.533. The van der Waals surface area contributed by atoms with Crippen LogP contribution < -0.4 is 5.73 Å². The Kier molecular flexibility index (Phi) is 5.51. The van der Waals surface area contributed by atoms with E-state index in [2.05, 4.69) is 38.1 Å². The molecular weight excluding hydrogens is 240 g/mol. The average molecular weight is 264 g/mol. The molecule has 4 heteroatoms. The first-order valence-electron chi connectivity index (χ1n) is 6.57. The van der Waals surface area contributed by atoms with Gasteiger partial charge < -0.3 is 15.7 Å². The molecule has 106 valence electrons. The van der Waals surface area contributed by atoms with Crippen molar-refractivity contribution in [2.75, 3.05) is 14.1 Å². The zero-order valence-corrected chi connectivity index (χ0v) is 12.1. The van der Waals surface area contributed by atoms with Gasteiger partial charge in [0.1, 0.15) is 6.04 Å². The molecule has 0 bridgehead atoms. The first-order chi connectivity index (χ1) is 8.82. The summed E-state index contributed by atoms with van der Waals surface area (Å²) in [6, 6.07) is 7.51. The minimum Gasteiger partial charge on any atom is -0.480 e. The van der Waals surface area contributed by atoms with Crippen molar-refractivity contribution in [1.29, 1.82) is 0 Å². The summed E-state index contributed by atoms with van der Waals surface area (Å²) in [5, 5.41) is 8.93. The number of hydrogen-bond acceptors (Lipinski definition) is 3. The fourth-order valence-electron chi connectivity index (χ4n) is 2.09. The van der Waals surface area contributed by atoms with Gasteiger partial charge in [0.15, 0.2) is 0 Å². The average Bonchev–Trinajstić information content (AvgIpc) is 2.35. The van der Waals surface area contributed by atoms with Crippen LogP contribution in [0.5, 0.6) is 0 Å². The highest BCUT2D eigenvalue weighted by Crippen LogP contribution is 2.25. The Morgan fingerprint density at radius 2 is 1.68 bits per heavy atom. The van der Waals surface area contributed by atoms with Crippen LogP contribution in [0.3, 0.4) is 0 Å². The molecule has 1 rings (SSSR count). The summed E-state index contributed by atoms with van der Waals surface area (Å²) >= 11 is 0. The third kappa shape index (κ3) is 4.33. The Morgan fingerprint density at radius 3 is 2.05 bits per heavy atom. The lowest BCUT2D eigenvalue weighted by Gasteiger charge is -2.26. The second-order valence-corrected chi connectivity index (χ2v) is 5.48. The number of nitrogens with zero attached hydrogens (tertiary/aromatic N) is 1. The van der Waals surface area contributed by atoms with E-state index in [1.165, 1.54) is 5.56 Å². The van der Waals surface area contributed by atoms with Crippen molar-refractivity contribution in [3.05, 3.63) is 35.4 Å². The Morgan fingerprint density at radius 1 is 1.21 bits per heavy atom. The summed E-state index contributed by atoms with van der Waals surface area (Å²) in [5.41, 5.74) is 8.03. The molecule has 19 heavy (non-hydrogen) atoms. The first-order valence-corrected chi connectivity index (χ1v) is 6.57. The molecule has 1 aromatic rings. The van der Waals surface area contributed by atoms with Crippen LogP contribution in [0.25, 0.3) is 0 Å². The minimum atomic E-state index is -0.953. The highest BCUT2D eigenvalue weighted by atomic mass is 16.4. The van der Waals surface area contributed by atoms with Crippen molar-refractivity contribution in [3.63, 3.8) is 0 Å². The van der Waals surface area contributed by atoms with Gasteiger partial charge in [0.25, 0.3) is 0 Å². The second kappa shape index (κ2) is 6.68. The molecule has 0 saturated carbocycles. The summed E-state index contributed by atoms with van der Waals surface area (Å²) in [7, 11) is 3.88. The third-order valence-corrected chi connectivity index (χ3v) is 3.41. The fourth-order valence-corrected chi connectivity index (χ4v) is 2.09. The van der Waals surface area contributed by atoms with E-state index < -0.39 is 12.0 Å². The lowest BCUT2D eigenvalue weighted by molar-refractivity contribution is -0.139. The van der Waals surface area contributed by atoms with Gasteiger partial charge in [-0.05, 0) is 37.6 Å². The van der Waals surface area contributed by atoms with Crippen LogP contribution in [0, 0.1) is 0 Å². The number of carboxylic acid groups (broad SMARTS) is 1. The summed E-state index contributed by atoms with van der Waals surface area (Å²) in [4.78, 5) is 12.9. The topological polar surface area (TPSA) is 66.6 Å². The van der Waals surface area contributed by atoms with Gasteiger partial charge in [0, 0.05) is 6.04 Å². The SMILES string of the molecule is CC(C)c1ccc(C(CC(N)C(=O)O)N(C)C)cc1. The van der Waals surface area contributed by atoms with Crippen molar-refractivity contribution in [2.45, 2.75) is 38.3 Å². The van der Waals surface area contributed by atoms with Crippen molar-refractivity contribution in [2.24, 2.45) is 5.73 Å². The van der Waals surface area contributed by atoms with Crippen LogP contribution in [-0.4, -0.2) is 36.1 Å². The lowest BCUT2D eigenvalue weighted by atomic mass is 9.95. The van der Waals surface area contributed by atoms with Crippen molar-refractivity contribution >= 4 is 5.97 Å². The van der Waals surface area contributed by atoms with Gasteiger partial charge in [-0.25, -0.2) is 0 Å². The predicted octanol–water partition coefficient (Wildman–Crippen LogP) is 2.21. The van der Waals surface area contributed by atoms with Gasteiger partial charge >= 0.3 is 5.97 Å². The number of carboxylic acids is 1. The van der Waals surface area contributed by atoms with E-state index in [0.717, 1.165) is 5.56 Å². The monoisotopic (exact) mass is 264 g/mol. The second-order valence-electron chi connectivity index (χ2n) is 5.48. The Labute approximate surface area is 115 Å². The van der Waals surface area contributed by atoms with Crippen LogP contribution >= 0.6 is 0 Å². The van der Waals surface area contributed by atoms with Crippen LogP contribution in [0.2, 0.25) is 0 Å². The van der Waals surface area contributed by atoms with Gasteiger partial charge in [-0.15, -0.1) is 0 Å². The molecule has 0 amide bonds. The first kappa shape index (κ1) is 15.7. The molecule has 0 aliphatic carbocycles. The van der Waals surface area contributed by atoms with Crippen LogP contribution in [0.1, 0.15) is 43.4 Å². The summed E-state index contributed by atoms with van der Waals surface area (Å²) in [6.45, 7) is 4.30. The van der Waals surface area contributed by atoms with Crippen molar-refractivity contribution < 1.29 is 9.90 Å². The van der Waals surface area contributed by atoms with Gasteiger partial charge in [-0.1, -0.05) is 38.1 Å². The van der Waals surface area contributed by atoms with Crippen LogP contribution in [0.4, 0.5) is 0 Å². The normalized spacial score (nSPS) is 14.7. The van der Waals surface area contributed by atoms with E-state index in [0.29, 0.717) is 12.3 Å². The van der Waals surface area contributed by atoms with E-state index in [4.69, 9.17) is 10.8 Å². The highest BCUT2D eigenvalue weighted by molar-refractivity contribution is 5.73. The summed E-state index contributed by atoms with van der Waals surface area (Å²) in [6.07, 6.45) is 0.406. The highest BCUT2D eigenvalue weighted by Gasteiger charge is 2.21. The molecular formula is C15H24N2O2. The molecule has 0 heterocycles. The molecule has 1 aromatic carbocycles. The Balaban J connectivity index is 2.90. The van der Waals surface area contributed by atoms with E-state index in [1.54, 1.807) is 0 Å². The maximum atomic E-state index is 10.9. The van der Waals surface area contributed by atoms with Crippen molar-refractivity contribution in [1.82, 2.24) is 4.90 Å². The summed E-state index contributed by atoms with van der Waals surface area (Å²) < 4.78 is 0. The third-order valence-electron chi connectivity index (χ3n) is 3.41. The number of benzene rings is 1. The van der Waals surface area contributed by atoms with Gasteiger partial charge in [0.05, 0.1) is 0 Å². The largest absolute Gasteiger partial charge is 0.480 e. The number of nitrogens with two attached hydrogens (primary N) is 1. The predicted molar refractivity (Wildman–Crippen MR) is 77.2 cm³/mol. The smallest absolute Gasteiger partial charge is 0.320 e. The molecule has 2 unspecified atom stereocenters. The Hall–Kier alpha value is -1.39. The molecule has 0 aliphatic heterocycles. The quantitative estimate of drug-likeness (QED) is 0.826. The van der Waals surface area contributed by atoms with Gasteiger partial charge in [0.2, 0.25) is 0 Å². The summed E-state index contributed by atoms with van der Waals surface area (Å²) in [5.74, 6) is -0.459. The number of carbonyl (C=O) groups is 1. The van der Waals surface area contributed by atoms with E-state index >= 15 is 0 Å². The molecule has 0 aromatic heterocycles. The minimum absolute atomic E-state index is 0.0207. The number of rotatable bonds is 6. The molecule has 4 nitrogen and oxygen atoms in total. The lowest BCUT2D eigenvalue weighted by Crippen LogP contribution is -2.35.